The maximum Gasteiger partial charge on any atom is 0.328 e. The number of nitrogens with zero attached hydrogens (tertiary/aromatic N) is 1. The van der Waals surface area contributed by atoms with Gasteiger partial charge in [0.25, 0.3) is 5.91 Å². The fraction of sp³-hybridized carbons (Fsp3) is 0.267. The van der Waals surface area contributed by atoms with Gasteiger partial charge in [-0.05, 0) is 45.0 Å². The number of hydrogen-bond donors (Lipinski definition) is 2. The molecule has 2 aromatic rings. The molecule has 0 atom stereocenters. The molecule has 1 amide bonds. The molecule has 0 fully saturated rings. The van der Waals surface area contributed by atoms with Crippen molar-refractivity contribution in [2.24, 2.45) is 0 Å². The second kappa shape index (κ2) is 5.40. The molecule has 0 saturated carbocycles. The number of furan rings is 1. The van der Waals surface area contributed by atoms with Crippen molar-refractivity contribution >= 4 is 11.9 Å². The molecule has 0 saturated heterocycles. The topological polar surface area (TPSA) is 92.4 Å². The summed E-state index contributed by atoms with van der Waals surface area (Å²) in [4.78, 5) is 27.5. The molecule has 0 aliphatic rings. The maximum atomic E-state index is 12.1. The van der Waals surface area contributed by atoms with Crippen molar-refractivity contribution in [1.82, 2.24) is 10.3 Å². The van der Waals surface area contributed by atoms with Crippen molar-refractivity contribution in [2.45, 2.75) is 26.3 Å². The van der Waals surface area contributed by atoms with Gasteiger partial charge in [-0.1, -0.05) is 0 Å². The van der Waals surface area contributed by atoms with E-state index in [4.69, 9.17) is 9.52 Å². The van der Waals surface area contributed by atoms with E-state index in [-0.39, 0.29) is 0 Å². The molecular weight excluding hydrogens is 272 g/mol. The van der Waals surface area contributed by atoms with Gasteiger partial charge in [0.1, 0.15) is 11.2 Å². The average molecular weight is 288 g/mol. The zero-order valence-electron chi connectivity index (χ0n) is 12.0. The van der Waals surface area contributed by atoms with Crippen molar-refractivity contribution in [3.8, 4) is 11.5 Å². The molecule has 2 rings (SSSR count). The van der Waals surface area contributed by atoms with E-state index in [0.29, 0.717) is 22.7 Å². The fourth-order valence-electron chi connectivity index (χ4n) is 1.77. The van der Waals surface area contributed by atoms with Crippen LogP contribution in [0.3, 0.4) is 0 Å². The van der Waals surface area contributed by atoms with Crippen LogP contribution in [0.1, 0.15) is 29.9 Å². The van der Waals surface area contributed by atoms with Gasteiger partial charge in [-0.25, -0.2) is 9.78 Å². The van der Waals surface area contributed by atoms with E-state index in [9.17, 15) is 9.59 Å². The van der Waals surface area contributed by atoms with Crippen LogP contribution in [-0.4, -0.2) is 27.5 Å². The van der Waals surface area contributed by atoms with Crippen molar-refractivity contribution < 1.29 is 19.1 Å². The van der Waals surface area contributed by atoms with E-state index >= 15 is 0 Å². The molecule has 2 aromatic heterocycles. The summed E-state index contributed by atoms with van der Waals surface area (Å²) in [6, 6.07) is 6.79. The van der Waals surface area contributed by atoms with Gasteiger partial charge < -0.3 is 14.8 Å². The number of aromatic nitrogens is 1. The Labute approximate surface area is 121 Å². The Bertz CT molecular complexity index is 675. The van der Waals surface area contributed by atoms with Crippen LogP contribution in [0.15, 0.2) is 34.9 Å². The highest BCUT2D eigenvalue weighted by Crippen LogP contribution is 2.19. The number of nitrogens with one attached hydrogen (secondary N) is 1. The first-order valence-electron chi connectivity index (χ1n) is 6.38. The molecule has 2 heterocycles. The molecule has 21 heavy (non-hydrogen) atoms. The average Bonchev–Trinajstić information content (AvgIpc) is 2.91. The predicted octanol–water partition coefficient (Wildman–Crippen LogP) is 2.24. The lowest BCUT2D eigenvalue weighted by molar-refractivity contribution is -0.143. The quantitative estimate of drug-likeness (QED) is 0.900. The van der Waals surface area contributed by atoms with Gasteiger partial charge in [-0.2, -0.15) is 0 Å². The second-order valence-electron chi connectivity index (χ2n) is 5.19. The van der Waals surface area contributed by atoms with E-state index < -0.39 is 17.4 Å². The lowest BCUT2D eigenvalue weighted by Gasteiger charge is -2.21. The van der Waals surface area contributed by atoms with E-state index in [0.717, 1.165) is 0 Å². The standard InChI is InChI=1S/C15H16N2O4/c1-9-10(13(18)17-15(2,3)14(19)20)6-7-11(16-9)12-5-4-8-21-12/h4-8H,1-3H3,(H,17,18)(H,19,20). The zero-order chi connectivity index (χ0) is 15.6. The maximum absolute atomic E-state index is 12.1. The number of pyridine rings is 1. The number of hydrogen-bond acceptors (Lipinski definition) is 4. The van der Waals surface area contributed by atoms with Crippen molar-refractivity contribution in [3.63, 3.8) is 0 Å². The van der Waals surface area contributed by atoms with Gasteiger partial charge in [0.05, 0.1) is 17.5 Å². The fourth-order valence-corrected chi connectivity index (χ4v) is 1.77. The molecular formula is C15H16N2O4. The third kappa shape index (κ3) is 3.10. The number of aryl methyl sites for hydroxylation is 1. The van der Waals surface area contributed by atoms with Gasteiger partial charge in [0.15, 0.2) is 5.76 Å². The minimum absolute atomic E-state index is 0.333. The van der Waals surface area contributed by atoms with E-state index in [1.165, 1.54) is 13.8 Å². The van der Waals surface area contributed by atoms with Gasteiger partial charge in [-0.15, -0.1) is 0 Å². The Kier molecular flexibility index (Phi) is 3.80. The largest absolute Gasteiger partial charge is 0.480 e. The molecule has 2 N–H and O–H groups in total. The molecule has 0 spiro atoms. The highest BCUT2D eigenvalue weighted by atomic mass is 16.4. The summed E-state index contributed by atoms with van der Waals surface area (Å²) in [5, 5.41) is 11.5. The first-order valence-corrected chi connectivity index (χ1v) is 6.38. The van der Waals surface area contributed by atoms with E-state index in [1.807, 2.05) is 0 Å². The third-order valence-electron chi connectivity index (χ3n) is 3.06. The van der Waals surface area contributed by atoms with Crippen LogP contribution >= 0.6 is 0 Å². The van der Waals surface area contributed by atoms with Crippen LogP contribution in [0.2, 0.25) is 0 Å². The molecule has 0 radical (unpaired) electrons. The number of carbonyl (C=O) groups is 2. The Balaban J connectivity index is 2.25. The summed E-state index contributed by atoms with van der Waals surface area (Å²) < 4.78 is 5.25. The van der Waals surface area contributed by atoms with Gasteiger partial charge in [0.2, 0.25) is 0 Å². The number of rotatable bonds is 4. The molecule has 110 valence electrons. The van der Waals surface area contributed by atoms with Crippen LogP contribution in [0.25, 0.3) is 11.5 Å². The summed E-state index contributed by atoms with van der Waals surface area (Å²) in [5.41, 5.74) is 0.109. The Morgan fingerprint density at radius 2 is 2.00 bits per heavy atom. The number of amides is 1. The predicted molar refractivity (Wildman–Crippen MR) is 75.9 cm³/mol. The smallest absolute Gasteiger partial charge is 0.328 e. The van der Waals surface area contributed by atoms with Crippen molar-refractivity contribution in [3.05, 3.63) is 41.8 Å². The van der Waals surface area contributed by atoms with Crippen LogP contribution in [0.4, 0.5) is 0 Å². The Morgan fingerprint density at radius 3 is 2.52 bits per heavy atom. The minimum atomic E-state index is -1.34. The Hall–Kier alpha value is -2.63. The Morgan fingerprint density at radius 1 is 1.29 bits per heavy atom. The lowest BCUT2D eigenvalue weighted by atomic mass is 10.0. The number of aliphatic carboxylic acids is 1. The zero-order valence-corrected chi connectivity index (χ0v) is 12.0. The molecule has 0 aromatic carbocycles. The molecule has 0 bridgehead atoms. The normalized spacial score (nSPS) is 11.2. The number of carboxylic acids is 1. The SMILES string of the molecule is Cc1nc(-c2ccco2)ccc1C(=O)NC(C)(C)C(=O)O. The molecule has 6 heteroatoms. The molecule has 6 nitrogen and oxygen atoms in total. The molecule has 0 unspecified atom stereocenters. The van der Waals surface area contributed by atoms with Gasteiger partial charge in [-0.3, -0.25) is 4.79 Å². The summed E-state index contributed by atoms with van der Waals surface area (Å²) in [7, 11) is 0. The van der Waals surface area contributed by atoms with E-state index in [1.54, 1.807) is 37.5 Å². The van der Waals surface area contributed by atoms with Crippen LogP contribution in [-0.2, 0) is 4.79 Å². The number of carbonyl (C=O) groups excluding carboxylic acids is 1. The summed E-state index contributed by atoms with van der Waals surface area (Å²) in [5.74, 6) is -0.969. The second-order valence-corrected chi connectivity index (χ2v) is 5.19. The van der Waals surface area contributed by atoms with Gasteiger partial charge >= 0.3 is 5.97 Å². The lowest BCUT2D eigenvalue weighted by Crippen LogP contribution is -2.49. The van der Waals surface area contributed by atoms with Gasteiger partial charge in [0, 0.05) is 0 Å². The van der Waals surface area contributed by atoms with Crippen LogP contribution < -0.4 is 5.32 Å². The molecule has 0 aliphatic heterocycles. The first kappa shape index (κ1) is 14.8. The summed E-state index contributed by atoms with van der Waals surface area (Å²) >= 11 is 0. The van der Waals surface area contributed by atoms with Crippen LogP contribution in [0, 0.1) is 6.92 Å². The molecule has 0 aliphatic carbocycles. The van der Waals surface area contributed by atoms with E-state index in [2.05, 4.69) is 10.3 Å². The summed E-state index contributed by atoms with van der Waals surface area (Å²) in [6.07, 6.45) is 1.54. The minimum Gasteiger partial charge on any atom is -0.480 e. The summed E-state index contributed by atoms with van der Waals surface area (Å²) in [6.45, 7) is 4.54. The van der Waals surface area contributed by atoms with Crippen molar-refractivity contribution in [1.29, 1.82) is 0 Å². The number of carboxylic acid groups (broad SMARTS) is 1. The van der Waals surface area contributed by atoms with Crippen molar-refractivity contribution in [2.75, 3.05) is 0 Å². The monoisotopic (exact) mass is 288 g/mol. The highest BCUT2D eigenvalue weighted by molar-refractivity contribution is 5.98. The highest BCUT2D eigenvalue weighted by Gasteiger charge is 2.29. The van der Waals surface area contributed by atoms with Crippen LogP contribution in [0.5, 0.6) is 0 Å². The third-order valence-corrected chi connectivity index (χ3v) is 3.06. The first-order chi connectivity index (χ1) is 9.81.